The topological polar surface area (TPSA) is 72.5 Å². The maximum atomic E-state index is 11.4. The fourth-order valence-corrected chi connectivity index (χ4v) is 2.02. The van der Waals surface area contributed by atoms with Gasteiger partial charge in [0, 0.05) is 13.2 Å². The highest BCUT2D eigenvalue weighted by atomic mass is 16.5. The molecule has 1 unspecified atom stereocenters. The van der Waals surface area contributed by atoms with E-state index in [0.29, 0.717) is 13.0 Å². The van der Waals surface area contributed by atoms with E-state index in [1.807, 2.05) is 20.8 Å². The normalized spacial score (nSPS) is 20.5. The molecular formula is C12H23NO3. The lowest BCUT2D eigenvalue weighted by Crippen LogP contribution is -2.42. The molecule has 4 nitrogen and oxygen atoms in total. The van der Waals surface area contributed by atoms with E-state index in [0.717, 1.165) is 12.8 Å². The molecule has 0 aromatic rings. The quantitative estimate of drug-likeness (QED) is 0.726. The molecule has 1 fully saturated rings. The van der Waals surface area contributed by atoms with Crippen molar-refractivity contribution in [2.24, 2.45) is 17.1 Å². The summed E-state index contributed by atoms with van der Waals surface area (Å²) in [5.41, 5.74) is 4.68. The van der Waals surface area contributed by atoms with Gasteiger partial charge >= 0.3 is 5.97 Å². The number of carbonyl (C=O) groups is 1. The first-order valence-electron chi connectivity index (χ1n) is 5.89. The van der Waals surface area contributed by atoms with Crippen molar-refractivity contribution in [3.63, 3.8) is 0 Å². The number of carboxylic acid groups (broad SMARTS) is 1. The number of ether oxygens (including phenoxy) is 1. The summed E-state index contributed by atoms with van der Waals surface area (Å²) in [6, 6.07) is 0. The van der Waals surface area contributed by atoms with Gasteiger partial charge in [0.15, 0.2) is 0 Å². The zero-order valence-corrected chi connectivity index (χ0v) is 10.5. The molecule has 1 saturated carbocycles. The SMILES string of the molecule is CC(C)(C)OCCC(CN)(C(=O)O)C1CC1. The Morgan fingerprint density at radius 2 is 2.00 bits per heavy atom. The van der Waals surface area contributed by atoms with Gasteiger partial charge in [0.05, 0.1) is 11.0 Å². The van der Waals surface area contributed by atoms with E-state index in [1.54, 1.807) is 0 Å². The lowest BCUT2D eigenvalue weighted by atomic mass is 9.79. The van der Waals surface area contributed by atoms with Crippen molar-refractivity contribution < 1.29 is 14.6 Å². The van der Waals surface area contributed by atoms with Crippen molar-refractivity contribution in [3.8, 4) is 0 Å². The molecule has 94 valence electrons. The second kappa shape index (κ2) is 4.72. The third kappa shape index (κ3) is 3.19. The molecule has 1 rings (SSSR count). The summed E-state index contributed by atoms with van der Waals surface area (Å²) >= 11 is 0. The van der Waals surface area contributed by atoms with Crippen LogP contribution in [0.2, 0.25) is 0 Å². The maximum Gasteiger partial charge on any atom is 0.311 e. The molecule has 1 aliphatic carbocycles. The number of carboxylic acids is 1. The molecule has 0 bridgehead atoms. The standard InChI is InChI=1S/C12H23NO3/c1-11(2,3)16-7-6-12(8-13,10(14)15)9-4-5-9/h9H,4-8,13H2,1-3H3,(H,14,15). The first-order valence-corrected chi connectivity index (χ1v) is 5.89. The van der Waals surface area contributed by atoms with Crippen LogP contribution in [-0.2, 0) is 9.53 Å². The summed E-state index contributed by atoms with van der Waals surface area (Å²) < 4.78 is 5.60. The highest BCUT2D eigenvalue weighted by Gasteiger charge is 2.49. The molecule has 1 aliphatic rings. The lowest BCUT2D eigenvalue weighted by molar-refractivity contribution is -0.152. The second-order valence-corrected chi connectivity index (χ2v) is 5.65. The summed E-state index contributed by atoms with van der Waals surface area (Å²) in [7, 11) is 0. The van der Waals surface area contributed by atoms with Gasteiger partial charge < -0.3 is 15.6 Å². The van der Waals surface area contributed by atoms with Gasteiger partial charge in [-0.05, 0) is 46.0 Å². The minimum absolute atomic E-state index is 0.209. The van der Waals surface area contributed by atoms with E-state index in [2.05, 4.69) is 0 Å². The van der Waals surface area contributed by atoms with Gasteiger partial charge in [-0.2, -0.15) is 0 Å². The first kappa shape index (κ1) is 13.5. The number of nitrogens with two attached hydrogens (primary N) is 1. The number of aliphatic carboxylic acids is 1. The molecule has 0 heterocycles. The monoisotopic (exact) mass is 229 g/mol. The predicted octanol–water partition coefficient (Wildman–Crippen LogP) is 1.63. The number of hydrogen-bond donors (Lipinski definition) is 2. The Kier molecular flexibility index (Phi) is 3.97. The van der Waals surface area contributed by atoms with Gasteiger partial charge in [0.2, 0.25) is 0 Å². The van der Waals surface area contributed by atoms with Gasteiger partial charge in [-0.1, -0.05) is 0 Å². The molecule has 3 N–H and O–H groups in total. The summed E-state index contributed by atoms with van der Waals surface area (Å²) in [6.45, 7) is 6.57. The smallest absolute Gasteiger partial charge is 0.311 e. The van der Waals surface area contributed by atoms with E-state index in [9.17, 15) is 9.90 Å². The zero-order chi connectivity index (χ0) is 12.4. The molecule has 4 heteroatoms. The summed E-state index contributed by atoms with van der Waals surface area (Å²) in [6.07, 6.45) is 2.48. The van der Waals surface area contributed by atoms with E-state index in [-0.39, 0.29) is 18.1 Å². The Bertz CT molecular complexity index is 255. The Labute approximate surface area is 97.2 Å². The van der Waals surface area contributed by atoms with Crippen LogP contribution in [0.5, 0.6) is 0 Å². The van der Waals surface area contributed by atoms with Crippen molar-refractivity contribution in [2.75, 3.05) is 13.2 Å². The molecule has 0 amide bonds. The van der Waals surface area contributed by atoms with Crippen LogP contribution >= 0.6 is 0 Å². The molecule has 0 aromatic carbocycles. The summed E-state index contributed by atoms with van der Waals surface area (Å²) in [4.78, 5) is 11.4. The fourth-order valence-electron chi connectivity index (χ4n) is 2.02. The van der Waals surface area contributed by atoms with E-state index < -0.39 is 11.4 Å². The van der Waals surface area contributed by atoms with Crippen molar-refractivity contribution in [3.05, 3.63) is 0 Å². The summed E-state index contributed by atoms with van der Waals surface area (Å²) in [5.74, 6) is -0.520. The van der Waals surface area contributed by atoms with Gasteiger partial charge in [-0.15, -0.1) is 0 Å². The van der Waals surface area contributed by atoms with Crippen molar-refractivity contribution in [1.29, 1.82) is 0 Å². The van der Waals surface area contributed by atoms with Crippen molar-refractivity contribution >= 4 is 5.97 Å². The fraction of sp³-hybridized carbons (Fsp3) is 0.917. The molecular weight excluding hydrogens is 206 g/mol. The van der Waals surface area contributed by atoms with Crippen LogP contribution in [0.4, 0.5) is 0 Å². The minimum Gasteiger partial charge on any atom is -0.481 e. The molecule has 1 atom stereocenters. The number of hydrogen-bond acceptors (Lipinski definition) is 3. The van der Waals surface area contributed by atoms with Gasteiger partial charge in [0.25, 0.3) is 0 Å². The van der Waals surface area contributed by atoms with Crippen LogP contribution in [0, 0.1) is 11.3 Å². The number of rotatable bonds is 6. The Hall–Kier alpha value is -0.610. The average Bonchev–Trinajstić information content (AvgIpc) is 2.93. The van der Waals surface area contributed by atoms with Gasteiger partial charge in [-0.3, -0.25) is 4.79 Å². The molecule has 0 spiro atoms. The van der Waals surface area contributed by atoms with E-state index in [1.165, 1.54) is 0 Å². The van der Waals surface area contributed by atoms with Crippen LogP contribution in [0.1, 0.15) is 40.0 Å². The second-order valence-electron chi connectivity index (χ2n) is 5.65. The van der Waals surface area contributed by atoms with Crippen LogP contribution in [0.3, 0.4) is 0 Å². The van der Waals surface area contributed by atoms with Gasteiger partial charge in [0.1, 0.15) is 0 Å². The first-order chi connectivity index (χ1) is 7.32. The third-order valence-electron chi connectivity index (χ3n) is 3.23. The third-order valence-corrected chi connectivity index (χ3v) is 3.23. The summed E-state index contributed by atoms with van der Waals surface area (Å²) in [5, 5.41) is 9.33. The van der Waals surface area contributed by atoms with Crippen LogP contribution in [-0.4, -0.2) is 29.8 Å². The Morgan fingerprint density at radius 1 is 1.44 bits per heavy atom. The highest BCUT2D eigenvalue weighted by molar-refractivity contribution is 5.76. The Balaban J connectivity index is 2.54. The lowest BCUT2D eigenvalue weighted by Gasteiger charge is -2.29. The van der Waals surface area contributed by atoms with E-state index in [4.69, 9.17) is 10.5 Å². The van der Waals surface area contributed by atoms with Crippen molar-refractivity contribution in [1.82, 2.24) is 0 Å². The molecule has 0 aliphatic heterocycles. The van der Waals surface area contributed by atoms with Crippen LogP contribution < -0.4 is 5.73 Å². The molecule has 0 aromatic heterocycles. The predicted molar refractivity (Wildman–Crippen MR) is 62.2 cm³/mol. The largest absolute Gasteiger partial charge is 0.481 e. The van der Waals surface area contributed by atoms with Crippen LogP contribution in [0.25, 0.3) is 0 Å². The zero-order valence-electron chi connectivity index (χ0n) is 10.5. The van der Waals surface area contributed by atoms with E-state index >= 15 is 0 Å². The molecule has 16 heavy (non-hydrogen) atoms. The average molecular weight is 229 g/mol. The van der Waals surface area contributed by atoms with Crippen LogP contribution in [0.15, 0.2) is 0 Å². The Morgan fingerprint density at radius 3 is 2.31 bits per heavy atom. The maximum absolute atomic E-state index is 11.4. The molecule has 0 radical (unpaired) electrons. The minimum atomic E-state index is -0.769. The molecule has 0 saturated heterocycles. The highest BCUT2D eigenvalue weighted by Crippen LogP contribution is 2.47. The van der Waals surface area contributed by atoms with Gasteiger partial charge in [-0.25, -0.2) is 0 Å². The van der Waals surface area contributed by atoms with Crippen molar-refractivity contribution in [2.45, 2.75) is 45.6 Å².